The van der Waals surface area contributed by atoms with Crippen LogP contribution in [0.4, 0.5) is 0 Å². The molecule has 0 amide bonds. The Hall–Kier alpha value is -0.470. The van der Waals surface area contributed by atoms with Gasteiger partial charge in [-0.15, -0.1) is 10.2 Å². The van der Waals surface area contributed by atoms with E-state index >= 15 is 0 Å². The summed E-state index contributed by atoms with van der Waals surface area (Å²) in [6.07, 6.45) is 1.99. The molecule has 0 radical (unpaired) electrons. The van der Waals surface area contributed by atoms with E-state index in [9.17, 15) is 8.42 Å². The third-order valence-electron chi connectivity index (χ3n) is 2.66. The summed E-state index contributed by atoms with van der Waals surface area (Å²) < 4.78 is 26.3. The van der Waals surface area contributed by atoms with Gasteiger partial charge in [-0.2, -0.15) is 4.31 Å². The molecule has 6 nitrogen and oxygen atoms in total. The van der Waals surface area contributed by atoms with Crippen LogP contribution in [0.2, 0.25) is 0 Å². The fraction of sp³-hybridized carbons (Fsp3) is 0.750. The summed E-state index contributed by atoms with van der Waals surface area (Å²) in [6, 6.07) is 0. The second-order valence-electron chi connectivity index (χ2n) is 3.76. The second kappa shape index (κ2) is 4.42. The summed E-state index contributed by atoms with van der Waals surface area (Å²) in [5.41, 5.74) is 0. The van der Waals surface area contributed by atoms with Crippen molar-refractivity contribution >= 4 is 26.0 Å². The summed E-state index contributed by atoms with van der Waals surface area (Å²) in [5, 5.41) is 8.05. The summed E-state index contributed by atoms with van der Waals surface area (Å²) in [5.74, 6) is 1.68. The van der Waals surface area contributed by atoms with Gasteiger partial charge in [-0.1, -0.05) is 15.9 Å². The predicted octanol–water partition coefficient (Wildman–Crippen LogP) is 0.338. The van der Waals surface area contributed by atoms with Crippen molar-refractivity contribution < 1.29 is 8.42 Å². The van der Waals surface area contributed by atoms with Gasteiger partial charge in [-0.3, -0.25) is 0 Å². The van der Waals surface area contributed by atoms with Crippen LogP contribution < -0.4 is 0 Å². The first-order valence-corrected chi connectivity index (χ1v) is 7.68. The molecule has 0 saturated carbocycles. The van der Waals surface area contributed by atoms with E-state index in [1.165, 1.54) is 4.31 Å². The number of aryl methyl sites for hydroxylation is 1. The zero-order chi connectivity index (χ0) is 11.8. The highest BCUT2D eigenvalue weighted by atomic mass is 79.9. The third-order valence-corrected chi connectivity index (χ3v) is 5.75. The van der Waals surface area contributed by atoms with E-state index in [0.717, 1.165) is 31.0 Å². The average molecular weight is 309 g/mol. The molecule has 1 aromatic rings. The van der Waals surface area contributed by atoms with Crippen LogP contribution in [0.3, 0.4) is 0 Å². The topological polar surface area (TPSA) is 68.1 Å². The highest BCUT2D eigenvalue weighted by Crippen LogP contribution is 2.16. The van der Waals surface area contributed by atoms with Gasteiger partial charge < -0.3 is 4.57 Å². The molecule has 0 bridgehead atoms. The molecule has 1 aliphatic rings. The molecule has 1 aromatic heterocycles. The van der Waals surface area contributed by atoms with Crippen molar-refractivity contribution in [2.45, 2.75) is 25.9 Å². The number of aromatic nitrogens is 3. The highest BCUT2D eigenvalue weighted by molar-refractivity contribution is 9.10. The number of nitrogens with zero attached hydrogens (tertiary/aromatic N) is 4. The zero-order valence-corrected chi connectivity index (χ0v) is 11.3. The predicted molar refractivity (Wildman–Crippen MR) is 62.5 cm³/mol. The van der Waals surface area contributed by atoms with Gasteiger partial charge in [0.05, 0.1) is 6.54 Å². The van der Waals surface area contributed by atoms with Gasteiger partial charge in [0.2, 0.25) is 10.0 Å². The van der Waals surface area contributed by atoms with Crippen LogP contribution in [-0.4, -0.2) is 39.2 Å². The number of fused-ring (bicyclic) bond motifs is 1. The maximum absolute atomic E-state index is 11.5. The van der Waals surface area contributed by atoms with E-state index in [-0.39, 0.29) is 11.2 Å². The van der Waals surface area contributed by atoms with Gasteiger partial charge in [0, 0.05) is 20.0 Å². The number of halogens is 1. The molecule has 16 heavy (non-hydrogen) atoms. The van der Waals surface area contributed by atoms with Crippen molar-refractivity contribution in [3.63, 3.8) is 0 Å². The van der Waals surface area contributed by atoms with E-state index in [1.807, 2.05) is 4.57 Å². The van der Waals surface area contributed by atoms with Crippen molar-refractivity contribution in [1.82, 2.24) is 19.1 Å². The Bertz CT molecular complexity index is 484. The summed E-state index contributed by atoms with van der Waals surface area (Å²) in [6.45, 7) is 1.17. The van der Waals surface area contributed by atoms with Crippen molar-refractivity contribution in [3.05, 3.63) is 11.6 Å². The molecule has 0 unspecified atom stereocenters. The number of sulfonamides is 1. The molecule has 0 atom stereocenters. The lowest BCUT2D eigenvalue weighted by Gasteiger charge is -2.14. The molecular weight excluding hydrogens is 296 g/mol. The molecule has 1 aliphatic heterocycles. The van der Waals surface area contributed by atoms with Crippen LogP contribution in [0, 0.1) is 0 Å². The van der Waals surface area contributed by atoms with Crippen molar-refractivity contribution in [1.29, 1.82) is 0 Å². The number of hydrogen-bond acceptors (Lipinski definition) is 4. The molecular formula is C8H13BrN4O2S. The molecule has 0 N–H and O–H groups in total. The zero-order valence-electron chi connectivity index (χ0n) is 8.93. The number of hydrogen-bond donors (Lipinski definition) is 0. The first-order chi connectivity index (χ1) is 7.54. The van der Waals surface area contributed by atoms with Gasteiger partial charge in [0.1, 0.15) is 16.3 Å². The van der Waals surface area contributed by atoms with E-state index in [1.54, 1.807) is 7.05 Å². The van der Waals surface area contributed by atoms with Gasteiger partial charge in [-0.05, 0) is 6.42 Å². The lowest BCUT2D eigenvalue weighted by Crippen LogP contribution is -2.28. The Kier molecular flexibility index (Phi) is 3.32. The normalized spacial score (nSPS) is 15.7. The van der Waals surface area contributed by atoms with Gasteiger partial charge in [-0.25, -0.2) is 8.42 Å². The lowest BCUT2D eigenvalue weighted by molar-refractivity contribution is 0.450. The second-order valence-corrected chi connectivity index (χ2v) is 7.14. The summed E-state index contributed by atoms with van der Waals surface area (Å²) in [4.78, 5) is 0. The quantitative estimate of drug-likeness (QED) is 0.752. The number of alkyl halides is 1. The Morgan fingerprint density at radius 2 is 2.25 bits per heavy atom. The first-order valence-electron chi connectivity index (χ1n) is 4.95. The molecule has 0 spiro atoms. The maximum atomic E-state index is 11.5. The van der Waals surface area contributed by atoms with Crippen LogP contribution in [0.25, 0.3) is 0 Å². The van der Waals surface area contributed by atoms with Gasteiger partial charge in [0.25, 0.3) is 0 Å². The monoisotopic (exact) mass is 308 g/mol. The van der Waals surface area contributed by atoms with Gasteiger partial charge in [0.15, 0.2) is 0 Å². The van der Waals surface area contributed by atoms with Crippen molar-refractivity contribution in [2.24, 2.45) is 0 Å². The Balaban J connectivity index is 2.16. The third kappa shape index (κ3) is 2.14. The van der Waals surface area contributed by atoms with E-state index in [4.69, 9.17) is 0 Å². The Morgan fingerprint density at radius 1 is 1.50 bits per heavy atom. The molecule has 0 aromatic carbocycles. The minimum absolute atomic E-state index is 0.0719. The van der Waals surface area contributed by atoms with Crippen LogP contribution in [0.5, 0.6) is 0 Å². The molecule has 8 heteroatoms. The molecule has 0 fully saturated rings. The largest absolute Gasteiger partial charge is 0.314 e. The molecule has 2 heterocycles. The van der Waals surface area contributed by atoms with Crippen LogP contribution in [-0.2, 0) is 29.5 Å². The molecule has 0 aliphatic carbocycles. The minimum atomic E-state index is -3.22. The first kappa shape index (κ1) is 12.0. The van der Waals surface area contributed by atoms with E-state index in [2.05, 4.69) is 26.1 Å². The molecule has 0 saturated heterocycles. The highest BCUT2D eigenvalue weighted by Gasteiger charge is 2.22. The average Bonchev–Trinajstić information content (AvgIpc) is 2.82. The fourth-order valence-electron chi connectivity index (χ4n) is 1.71. The van der Waals surface area contributed by atoms with Gasteiger partial charge >= 0.3 is 0 Å². The maximum Gasteiger partial charge on any atom is 0.224 e. The number of rotatable bonds is 4. The summed E-state index contributed by atoms with van der Waals surface area (Å²) >= 11 is 2.97. The van der Waals surface area contributed by atoms with E-state index in [0.29, 0.717) is 0 Å². The smallest absolute Gasteiger partial charge is 0.224 e. The molecule has 2 rings (SSSR count). The SMILES string of the molecule is CN(Cc1nnc2n1CCC2)S(=O)(=O)CBr. The Morgan fingerprint density at radius 3 is 2.94 bits per heavy atom. The molecule has 90 valence electrons. The fourth-order valence-corrected chi connectivity index (χ4v) is 3.24. The van der Waals surface area contributed by atoms with E-state index < -0.39 is 10.0 Å². The van der Waals surface area contributed by atoms with Crippen LogP contribution >= 0.6 is 15.9 Å². The van der Waals surface area contributed by atoms with Crippen molar-refractivity contribution in [3.8, 4) is 0 Å². The lowest BCUT2D eigenvalue weighted by atomic mass is 10.4. The minimum Gasteiger partial charge on any atom is -0.314 e. The van der Waals surface area contributed by atoms with Crippen LogP contribution in [0.1, 0.15) is 18.1 Å². The summed E-state index contributed by atoms with van der Waals surface area (Å²) in [7, 11) is -1.67. The van der Waals surface area contributed by atoms with Crippen molar-refractivity contribution in [2.75, 3.05) is 11.7 Å². The Labute approximate surface area is 103 Å². The standard InChI is InChI=1S/C8H13BrN4O2S/c1-12(16(14,15)6-9)5-8-11-10-7-3-2-4-13(7)8/h2-6H2,1H3. The van der Waals surface area contributed by atoms with Crippen LogP contribution in [0.15, 0.2) is 0 Å².